The van der Waals surface area contributed by atoms with Gasteiger partial charge in [-0.3, -0.25) is 10.1 Å². The van der Waals surface area contributed by atoms with Crippen molar-refractivity contribution in [2.24, 2.45) is 0 Å². The first-order valence-corrected chi connectivity index (χ1v) is 6.96. The average molecular weight is 275 g/mol. The molecule has 0 unspecified atom stereocenters. The summed E-state index contributed by atoms with van der Waals surface area (Å²) in [5.41, 5.74) is 0.608. The number of rotatable bonds is 3. The summed E-state index contributed by atoms with van der Waals surface area (Å²) in [6.07, 6.45) is 2.07. The predicted octanol–water partition coefficient (Wildman–Crippen LogP) is 2.64. The number of carbonyl (C=O) groups is 1. The largest absolute Gasteiger partial charge is 0.371 e. The zero-order chi connectivity index (χ0) is 13.1. The van der Waals surface area contributed by atoms with E-state index in [1.807, 2.05) is 18.2 Å². The summed E-state index contributed by atoms with van der Waals surface area (Å²) in [7, 11) is 0. The smallest absolute Gasteiger partial charge is 0.257 e. The van der Waals surface area contributed by atoms with Crippen molar-refractivity contribution in [2.75, 3.05) is 11.9 Å². The Hall–Kier alpha value is -1.79. The van der Waals surface area contributed by atoms with Crippen molar-refractivity contribution in [1.29, 1.82) is 0 Å². The first-order chi connectivity index (χ1) is 9.33. The molecular weight excluding hydrogens is 262 g/mol. The molecule has 1 atom stereocenters. The molecule has 5 nitrogen and oxygen atoms in total. The van der Waals surface area contributed by atoms with Gasteiger partial charge in [-0.05, 0) is 25.0 Å². The highest BCUT2D eigenvalue weighted by atomic mass is 32.1. The Morgan fingerprint density at radius 1 is 1.32 bits per heavy atom. The van der Waals surface area contributed by atoms with Crippen molar-refractivity contribution in [3.05, 3.63) is 40.9 Å². The molecule has 1 saturated heterocycles. The van der Waals surface area contributed by atoms with Crippen LogP contribution < -0.4 is 5.32 Å². The lowest BCUT2D eigenvalue weighted by molar-refractivity contribution is 0.102. The van der Waals surface area contributed by atoms with Gasteiger partial charge in [0.15, 0.2) is 0 Å². The van der Waals surface area contributed by atoms with Gasteiger partial charge in [0, 0.05) is 12.2 Å². The normalized spacial score (nSPS) is 18.4. The van der Waals surface area contributed by atoms with Crippen LogP contribution in [0.2, 0.25) is 0 Å². The molecule has 1 fully saturated rings. The van der Waals surface area contributed by atoms with Gasteiger partial charge < -0.3 is 4.74 Å². The molecule has 0 aliphatic carbocycles. The van der Waals surface area contributed by atoms with Gasteiger partial charge in [-0.25, -0.2) is 0 Å². The standard InChI is InChI=1S/C13H13N3O2S/c17-11(9-5-2-1-3-6-9)14-13-16-15-12(19-13)10-7-4-8-18-10/h1-3,5-6,10H,4,7-8H2,(H,14,16,17)/t10-/m1/s1. The minimum atomic E-state index is -0.171. The number of amides is 1. The lowest BCUT2D eigenvalue weighted by Crippen LogP contribution is -2.11. The van der Waals surface area contributed by atoms with Gasteiger partial charge in [0.1, 0.15) is 11.1 Å². The van der Waals surface area contributed by atoms with Gasteiger partial charge in [-0.1, -0.05) is 29.5 Å². The van der Waals surface area contributed by atoms with E-state index in [-0.39, 0.29) is 12.0 Å². The topological polar surface area (TPSA) is 64.1 Å². The summed E-state index contributed by atoms with van der Waals surface area (Å²) in [6.45, 7) is 0.774. The first kappa shape index (κ1) is 12.3. The Labute approximate surface area is 114 Å². The van der Waals surface area contributed by atoms with Crippen molar-refractivity contribution in [1.82, 2.24) is 10.2 Å². The molecule has 0 spiro atoms. The van der Waals surface area contributed by atoms with E-state index in [1.165, 1.54) is 11.3 Å². The Kier molecular flexibility index (Phi) is 3.52. The van der Waals surface area contributed by atoms with E-state index in [9.17, 15) is 4.79 Å². The van der Waals surface area contributed by atoms with Crippen LogP contribution in [0.4, 0.5) is 5.13 Å². The highest BCUT2D eigenvalue weighted by Crippen LogP contribution is 2.31. The molecule has 3 rings (SSSR count). The molecular formula is C13H13N3O2S. The van der Waals surface area contributed by atoms with Crippen LogP contribution in [0.5, 0.6) is 0 Å². The zero-order valence-corrected chi connectivity index (χ0v) is 11.0. The van der Waals surface area contributed by atoms with Gasteiger partial charge in [-0.15, -0.1) is 10.2 Å². The lowest BCUT2D eigenvalue weighted by Gasteiger charge is -2.02. The molecule has 1 aromatic heterocycles. The molecule has 1 aliphatic heterocycles. The fourth-order valence-electron chi connectivity index (χ4n) is 1.95. The molecule has 1 aliphatic rings. The molecule has 2 aromatic rings. The minimum Gasteiger partial charge on any atom is -0.371 e. The SMILES string of the molecule is O=C(Nc1nnc([C@H]2CCCO2)s1)c1ccccc1. The zero-order valence-electron chi connectivity index (χ0n) is 10.2. The first-order valence-electron chi connectivity index (χ1n) is 6.14. The number of aromatic nitrogens is 2. The number of nitrogens with one attached hydrogen (secondary N) is 1. The predicted molar refractivity (Wildman–Crippen MR) is 72.2 cm³/mol. The third kappa shape index (κ3) is 2.80. The summed E-state index contributed by atoms with van der Waals surface area (Å²) in [5, 5.41) is 12.2. The van der Waals surface area contributed by atoms with Crippen molar-refractivity contribution in [3.8, 4) is 0 Å². The third-order valence-electron chi connectivity index (χ3n) is 2.90. The quantitative estimate of drug-likeness (QED) is 0.935. The lowest BCUT2D eigenvalue weighted by atomic mass is 10.2. The Bertz CT molecular complexity index is 564. The summed E-state index contributed by atoms with van der Waals surface area (Å²) in [5.74, 6) is -0.171. The number of benzene rings is 1. The van der Waals surface area contributed by atoms with Crippen LogP contribution in [0.25, 0.3) is 0 Å². The fourth-order valence-corrected chi connectivity index (χ4v) is 2.77. The van der Waals surface area contributed by atoms with Crippen molar-refractivity contribution in [2.45, 2.75) is 18.9 Å². The van der Waals surface area contributed by atoms with Crippen molar-refractivity contribution < 1.29 is 9.53 Å². The van der Waals surface area contributed by atoms with Crippen LogP contribution >= 0.6 is 11.3 Å². The van der Waals surface area contributed by atoms with Crippen molar-refractivity contribution in [3.63, 3.8) is 0 Å². The Morgan fingerprint density at radius 2 is 2.16 bits per heavy atom. The summed E-state index contributed by atoms with van der Waals surface area (Å²) in [6, 6.07) is 9.05. The minimum absolute atomic E-state index is 0.0416. The van der Waals surface area contributed by atoms with Gasteiger partial charge in [0.05, 0.1) is 0 Å². The number of nitrogens with zero attached hydrogens (tertiary/aromatic N) is 2. The molecule has 0 saturated carbocycles. The molecule has 2 heterocycles. The van der Waals surface area contributed by atoms with Gasteiger partial charge in [-0.2, -0.15) is 0 Å². The van der Waals surface area contributed by atoms with E-state index in [0.717, 1.165) is 24.5 Å². The fraction of sp³-hybridized carbons (Fsp3) is 0.308. The molecule has 0 bridgehead atoms. The molecule has 6 heteroatoms. The summed E-state index contributed by atoms with van der Waals surface area (Å²) in [4.78, 5) is 11.9. The molecule has 1 aromatic carbocycles. The maximum atomic E-state index is 11.9. The maximum Gasteiger partial charge on any atom is 0.257 e. The second-order valence-electron chi connectivity index (χ2n) is 4.27. The van der Waals surface area contributed by atoms with Gasteiger partial charge >= 0.3 is 0 Å². The highest BCUT2D eigenvalue weighted by Gasteiger charge is 2.22. The number of ether oxygens (including phenoxy) is 1. The van der Waals surface area contributed by atoms with Crippen LogP contribution in [0.15, 0.2) is 30.3 Å². The van der Waals surface area contributed by atoms with E-state index in [0.29, 0.717) is 10.7 Å². The van der Waals surface area contributed by atoms with E-state index in [4.69, 9.17) is 4.74 Å². The van der Waals surface area contributed by atoms with Gasteiger partial charge in [0.2, 0.25) is 5.13 Å². The molecule has 98 valence electrons. The molecule has 1 N–H and O–H groups in total. The number of anilines is 1. The van der Waals surface area contributed by atoms with Crippen LogP contribution in [0.1, 0.15) is 34.3 Å². The summed E-state index contributed by atoms with van der Waals surface area (Å²) < 4.78 is 5.54. The average Bonchev–Trinajstić information content (AvgIpc) is 3.10. The second-order valence-corrected chi connectivity index (χ2v) is 5.28. The summed E-state index contributed by atoms with van der Waals surface area (Å²) >= 11 is 1.37. The van der Waals surface area contributed by atoms with E-state index in [1.54, 1.807) is 12.1 Å². The van der Waals surface area contributed by atoms with E-state index < -0.39 is 0 Å². The van der Waals surface area contributed by atoms with Crippen LogP contribution in [0, 0.1) is 0 Å². The number of hydrogen-bond acceptors (Lipinski definition) is 5. The van der Waals surface area contributed by atoms with Crippen LogP contribution in [-0.2, 0) is 4.74 Å². The van der Waals surface area contributed by atoms with E-state index >= 15 is 0 Å². The van der Waals surface area contributed by atoms with Gasteiger partial charge in [0.25, 0.3) is 5.91 Å². The van der Waals surface area contributed by atoms with Crippen LogP contribution in [-0.4, -0.2) is 22.7 Å². The van der Waals surface area contributed by atoms with Crippen LogP contribution in [0.3, 0.4) is 0 Å². The number of carbonyl (C=O) groups excluding carboxylic acids is 1. The van der Waals surface area contributed by atoms with Crippen molar-refractivity contribution >= 4 is 22.4 Å². The second kappa shape index (κ2) is 5.46. The molecule has 19 heavy (non-hydrogen) atoms. The third-order valence-corrected chi connectivity index (χ3v) is 3.83. The maximum absolute atomic E-state index is 11.9. The van der Waals surface area contributed by atoms with E-state index in [2.05, 4.69) is 15.5 Å². The Morgan fingerprint density at radius 3 is 2.89 bits per heavy atom. The molecule has 0 radical (unpaired) electrons. The Balaban J connectivity index is 1.68. The number of hydrogen-bond donors (Lipinski definition) is 1. The highest BCUT2D eigenvalue weighted by molar-refractivity contribution is 7.15. The monoisotopic (exact) mass is 275 g/mol. The molecule has 1 amide bonds.